The molecule has 4 N–H and O–H groups in total. The van der Waals surface area contributed by atoms with Crippen molar-refractivity contribution in [3.8, 4) is 17.1 Å². The van der Waals surface area contributed by atoms with E-state index in [0.29, 0.717) is 17.2 Å². The van der Waals surface area contributed by atoms with Crippen LogP contribution in [-0.2, 0) is 0 Å². The highest BCUT2D eigenvalue weighted by Crippen LogP contribution is 2.33. The van der Waals surface area contributed by atoms with Crippen molar-refractivity contribution < 1.29 is 5.11 Å². The molecule has 124 valence electrons. The van der Waals surface area contributed by atoms with Gasteiger partial charge in [0.2, 0.25) is 0 Å². The van der Waals surface area contributed by atoms with Crippen molar-refractivity contribution in [1.29, 1.82) is 0 Å². The van der Waals surface area contributed by atoms with Crippen LogP contribution in [0.5, 0.6) is 5.75 Å². The molecule has 4 rings (SSSR count). The number of phenols is 1. The smallest absolute Gasteiger partial charge is 0.164 e. The highest BCUT2D eigenvalue weighted by molar-refractivity contribution is 6.00. The number of aromatic nitrogens is 5. The van der Waals surface area contributed by atoms with Crippen molar-refractivity contribution >= 4 is 27.8 Å². The van der Waals surface area contributed by atoms with Crippen LogP contribution in [0.3, 0.4) is 0 Å². The third-order valence-corrected chi connectivity index (χ3v) is 3.87. The molecule has 3 heterocycles. The van der Waals surface area contributed by atoms with Crippen molar-refractivity contribution in [3.63, 3.8) is 0 Å². The fourth-order valence-corrected chi connectivity index (χ4v) is 2.79. The molecule has 0 aliphatic rings. The minimum absolute atomic E-state index is 0. The molecule has 0 unspecified atom stereocenters. The van der Waals surface area contributed by atoms with Crippen LogP contribution in [0.1, 0.15) is 27.3 Å². The second-order valence-corrected chi connectivity index (χ2v) is 5.80. The lowest BCUT2D eigenvalue weighted by atomic mass is 10.2. The Bertz CT molecular complexity index is 1030. The Kier molecular flexibility index (Phi) is 3.63. The standard InChI is InChI=1S/C16H16N6O.CH4/c1-8(2)22-16-13(15(17)18-7-19-16)14(21-22)12-6-9-5-10(23)3-4-11(9)20-12;/h3-8,20,23H,1-2H3,(H2,17,18,19);1H4. The van der Waals surface area contributed by atoms with Crippen molar-refractivity contribution in [3.05, 3.63) is 30.6 Å². The van der Waals surface area contributed by atoms with Gasteiger partial charge in [0.1, 0.15) is 23.6 Å². The van der Waals surface area contributed by atoms with Crippen molar-refractivity contribution in [1.82, 2.24) is 24.7 Å². The summed E-state index contributed by atoms with van der Waals surface area (Å²) in [6, 6.07) is 7.26. The number of nitrogens with two attached hydrogens (primary N) is 1. The normalized spacial score (nSPS) is 11.3. The molecule has 24 heavy (non-hydrogen) atoms. The van der Waals surface area contributed by atoms with Gasteiger partial charge < -0.3 is 15.8 Å². The van der Waals surface area contributed by atoms with Crippen LogP contribution < -0.4 is 5.73 Å². The average Bonchev–Trinajstić information content (AvgIpc) is 3.08. The van der Waals surface area contributed by atoms with E-state index in [0.717, 1.165) is 22.0 Å². The van der Waals surface area contributed by atoms with Crippen LogP contribution in [0, 0.1) is 0 Å². The number of hydrogen-bond donors (Lipinski definition) is 3. The van der Waals surface area contributed by atoms with Gasteiger partial charge in [0, 0.05) is 16.9 Å². The molecule has 0 aliphatic carbocycles. The number of hydrogen-bond acceptors (Lipinski definition) is 5. The number of phenolic OH excluding ortho intramolecular Hbond substituents is 1. The molecule has 0 saturated heterocycles. The molecule has 0 amide bonds. The van der Waals surface area contributed by atoms with Gasteiger partial charge >= 0.3 is 0 Å². The van der Waals surface area contributed by atoms with Gasteiger partial charge in [0.25, 0.3) is 0 Å². The molecule has 7 heteroatoms. The van der Waals surface area contributed by atoms with Crippen molar-refractivity contribution in [2.75, 3.05) is 5.73 Å². The van der Waals surface area contributed by atoms with Gasteiger partial charge in [-0.2, -0.15) is 5.10 Å². The third kappa shape index (κ3) is 2.25. The predicted molar refractivity (Wildman–Crippen MR) is 95.8 cm³/mol. The number of nitrogens with zero attached hydrogens (tertiary/aromatic N) is 4. The summed E-state index contributed by atoms with van der Waals surface area (Å²) in [5, 5.41) is 15.9. The minimum atomic E-state index is 0. The highest BCUT2D eigenvalue weighted by atomic mass is 16.3. The van der Waals surface area contributed by atoms with Gasteiger partial charge in [-0.1, -0.05) is 7.43 Å². The summed E-state index contributed by atoms with van der Waals surface area (Å²) in [6.45, 7) is 4.08. The Hall–Kier alpha value is -3.09. The van der Waals surface area contributed by atoms with E-state index in [9.17, 15) is 5.11 Å². The summed E-state index contributed by atoms with van der Waals surface area (Å²) < 4.78 is 1.84. The number of aromatic hydroxyl groups is 1. The Labute approximate surface area is 139 Å². The van der Waals surface area contributed by atoms with Gasteiger partial charge in [-0.15, -0.1) is 0 Å². The Morgan fingerprint density at radius 3 is 2.75 bits per heavy atom. The monoisotopic (exact) mass is 324 g/mol. The average molecular weight is 324 g/mol. The predicted octanol–water partition coefficient (Wildman–Crippen LogP) is 3.48. The zero-order valence-corrected chi connectivity index (χ0v) is 12.8. The molecule has 0 spiro atoms. The summed E-state index contributed by atoms with van der Waals surface area (Å²) in [7, 11) is 0. The first-order valence-corrected chi connectivity index (χ1v) is 7.35. The maximum atomic E-state index is 9.63. The zero-order valence-electron chi connectivity index (χ0n) is 12.8. The van der Waals surface area contributed by atoms with Crippen molar-refractivity contribution in [2.24, 2.45) is 0 Å². The Morgan fingerprint density at radius 1 is 1.21 bits per heavy atom. The molecular weight excluding hydrogens is 304 g/mol. The fourth-order valence-electron chi connectivity index (χ4n) is 2.79. The molecule has 7 nitrogen and oxygen atoms in total. The number of anilines is 1. The van der Waals surface area contributed by atoms with Gasteiger partial charge in [-0.3, -0.25) is 0 Å². The van der Waals surface area contributed by atoms with E-state index in [1.807, 2.05) is 30.7 Å². The van der Waals surface area contributed by atoms with E-state index in [2.05, 4.69) is 20.1 Å². The Balaban J connectivity index is 0.00000169. The number of fused-ring (bicyclic) bond motifs is 2. The molecule has 0 atom stereocenters. The Morgan fingerprint density at radius 2 is 2.00 bits per heavy atom. The maximum Gasteiger partial charge on any atom is 0.164 e. The molecule has 0 aliphatic heterocycles. The number of H-pyrrole nitrogens is 1. The van der Waals surface area contributed by atoms with E-state index >= 15 is 0 Å². The molecule has 0 radical (unpaired) electrons. The topological polar surface area (TPSA) is 106 Å². The minimum Gasteiger partial charge on any atom is -0.508 e. The lowest BCUT2D eigenvalue weighted by Crippen LogP contribution is -2.04. The first-order valence-electron chi connectivity index (χ1n) is 7.35. The summed E-state index contributed by atoms with van der Waals surface area (Å²) >= 11 is 0. The van der Waals surface area contributed by atoms with E-state index in [-0.39, 0.29) is 19.2 Å². The molecule has 0 bridgehead atoms. The van der Waals surface area contributed by atoms with E-state index in [1.165, 1.54) is 6.33 Å². The van der Waals surface area contributed by atoms with E-state index in [1.54, 1.807) is 12.1 Å². The summed E-state index contributed by atoms with van der Waals surface area (Å²) in [5.74, 6) is 0.627. The van der Waals surface area contributed by atoms with Gasteiger partial charge in [0.05, 0.1) is 11.1 Å². The summed E-state index contributed by atoms with van der Waals surface area (Å²) in [4.78, 5) is 11.7. The molecule has 0 saturated carbocycles. The number of nitrogen functional groups attached to an aromatic ring is 1. The largest absolute Gasteiger partial charge is 0.508 e. The van der Waals surface area contributed by atoms with Gasteiger partial charge in [0.15, 0.2) is 5.65 Å². The second kappa shape index (κ2) is 5.52. The van der Waals surface area contributed by atoms with Gasteiger partial charge in [-0.05, 0) is 38.1 Å². The van der Waals surface area contributed by atoms with Crippen LogP contribution >= 0.6 is 0 Å². The molecular formula is C17H20N6O. The molecule has 4 aromatic rings. The maximum absolute atomic E-state index is 9.63. The second-order valence-electron chi connectivity index (χ2n) is 5.80. The van der Waals surface area contributed by atoms with Crippen molar-refractivity contribution in [2.45, 2.75) is 27.3 Å². The quantitative estimate of drug-likeness (QED) is 0.523. The first kappa shape index (κ1) is 15.8. The van der Waals surface area contributed by atoms with Crippen LogP contribution in [0.15, 0.2) is 30.6 Å². The molecule has 1 aromatic carbocycles. The van der Waals surface area contributed by atoms with Crippen LogP contribution in [-0.4, -0.2) is 29.8 Å². The van der Waals surface area contributed by atoms with E-state index < -0.39 is 0 Å². The van der Waals surface area contributed by atoms with Crippen LogP contribution in [0.25, 0.3) is 33.3 Å². The number of benzene rings is 1. The lowest BCUT2D eigenvalue weighted by Gasteiger charge is -2.05. The number of aromatic amines is 1. The lowest BCUT2D eigenvalue weighted by molar-refractivity contribution is 0.476. The number of nitrogens with one attached hydrogen (secondary N) is 1. The zero-order chi connectivity index (χ0) is 16.1. The fraction of sp³-hybridized carbons (Fsp3) is 0.235. The number of rotatable bonds is 2. The highest BCUT2D eigenvalue weighted by Gasteiger charge is 2.19. The summed E-state index contributed by atoms with van der Waals surface area (Å²) in [5.41, 5.74) is 9.22. The summed E-state index contributed by atoms with van der Waals surface area (Å²) in [6.07, 6.45) is 1.45. The SMILES string of the molecule is C.CC(C)n1nc(-c2cc3cc(O)ccc3[nH]2)c2c(N)ncnc21. The van der Waals surface area contributed by atoms with E-state index in [4.69, 9.17) is 5.73 Å². The van der Waals surface area contributed by atoms with Crippen LogP contribution in [0.4, 0.5) is 5.82 Å². The molecule has 0 fully saturated rings. The molecule has 3 aromatic heterocycles. The third-order valence-electron chi connectivity index (χ3n) is 3.87. The van der Waals surface area contributed by atoms with Crippen LogP contribution in [0.2, 0.25) is 0 Å². The van der Waals surface area contributed by atoms with Gasteiger partial charge in [-0.25, -0.2) is 14.6 Å². The first-order chi connectivity index (χ1) is 11.0.